The number of benzene rings is 1. The summed E-state index contributed by atoms with van der Waals surface area (Å²) in [5.74, 6) is 0.958. The zero-order chi connectivity index (χ0) is 13.2. The lowest BCUT2D eigenvalue weighted by atomic mass is 9.82. The van der Waals surface area contributed by atoms with Gasteiger partial charge < -0.3 is 10.1 Å². The summed E-state index contributed by atoms with van der Waals surface area (Å²) < 4.78 is 7.06. The zero-order valence-corrected chi connectivity index (χ0v) is 13.0. The van der Waals surface area contributed by atoms with Crippen molar-refractivity contribution in [2.45, 2.75) is 45.1 Å². The molecule has 100 valence electrons. The molecule has 18 heavy (non-hydrogen) atoms. The summed E-state index contributed by atoms with van der Waals surface area (Å²) in [5.41, 5.74) is 1.57. The molecule has 3 heteroatoms. The molecule has 0 bridgehead atoms. The third kappa shape index (κ3) is 3.07. The van der Waals surface area contributed by atoms with Gasteiger partial charge in [0.2, 0.25) is 0 Å². The predicted octanol–water partition coefficient (Wildman–Crippen LogP) is 3.88. The minimum absolute atomic E-state index is 0.218. The second-order valence-electron chi connectivity index (χ2n) is 5.62. The fraction of sp³-hybridized carbons (Fsp3) is 0.600. The summed E-state index contributed by atoms with van der Waals surface area (Å²) in [7, 11) is 0. The molecule has 0 amide bonds. The summed E-state index contributed by atoms with van der Waals surface area (Å²) in [5, 5.41) is 3.32. The fourth-order valence-electron chi connectivity index (χ4n) is 2.13. The molecule has 2 nitrogen and oxygen atoms in total. The standard InChI is InChI=1S/C15H22BrNO/c1-4-15(2,3)11-5-6-14(13(16)9-11)18-12-7-8-17-10-12/h5-6,9,12,17H,4,7-8,10H2,1-3H3. The van der Waals surface area contributed by atoms with Crippen LogP contribution >= 0.6 is 15.9 Å². The van der Waals surface area contributed by atoms with E-state index in [2.05, 4.69) is 60.2 Å². The smallest absolute Gasteiger partial charge is 0.133 e. The normalized spacial score (nSPS) is 20.1. The second-order valence-corrected chi connectivity index (χ2v) is 6.47. The number of hydrogen-bond acceptors (Lipinski definition) is 2. The van der Waals surface area contributed by atoms with Crippen LogP contribution in [0.3, 0.4) is 0 Å². The molecule has 0 aromatic heterocycles. The number of halogens is 1. The van der Waals surface area contributed by atoms with E-state index in [1.807, 2.05) is 0 Å². The molecule has 0 spiro atoms. The Hall–Kier alpha value is -0.540. The van der Waals surface area contributed by atoms with Gasteiger partial charge in [0.25, 0.3) is 0 Å². The second kappa shape index (κ2) is 5.62. The molecule has 1 aliphatic heterocycles. The Morgan fingerprint density at radius 3 is 2.78 bits per heavy atom. The topological polar surface area (TPSA) is 21.3 Å². The molecule has 0 saturated carbocycles. The van der Waals surface area contributed by atoms with Crippen LogP contribution in [-0.4, -0.2) is 19.2 Å². The van der Waals surface area contributed by atoms with E-state index in [1.54, 1.807) is 0 Å². The molecule has 1 fully saturated rings. The molecule has 1 saturated heterocycles. The molecule has 1 N–H and O–H groups in total. The number of rotatable bonds is 4. The Morgan fingerprint density at radius 1 is 1.44 bits per heavy atom. The molecule has 0 aliphatic carbocycles. The Morgan fingerprint density at radius 2 is 2.22 bits per heavy atom. The van der Waals surface area contributed by atoms with Gasteiger partial charge in [-0.3, -0.25) is 0 Å². The Labute approximate surface area is 118 Å². The third-order valence-corrected chi connectivity index (χ3v) is 4.53. The van der Waals surface area contributed by atoms with Gasteiger partial charge in [-0.25, -0.2) is 0 Å². The number of nitrogens with one attached hydrogen (secondary N) is 1. The van der Waals surface area contributed by atoms with Crippen LogP contribution < -0.4 is 10.1 Å². The van der Waals surface area contributed by atoms with Crippen LogP contribution in [-0.2, 0) is 5.41 Å². The monoisotopic (exact) mass is 311 g/mol. The van der Waals surface area contributed by atoms with Crippen LogP contribution in [0.5, 0.6) is 5.75 Å². The average molecular weight is 312 g/mol. The molecular formula is C15H22BrNO. The summed E-state index contributed by atoms with van der Waals surface area (Å²) in [4.78, 5) is 0. The number of hydrogen-bond donors (Lipinski definition) is 1. The Kier molecular flexibility index (Phi) is 4.33. The first-order valence-corrected chi connectivity index (χ1v) is 7.49. The van der Waals surface area contributed by atoms with Gasteiger partial charge in [-0.05, 0) is 58.4 Å². The van der Waals surface area contributed by atoms with Gasteiger partial charge in [-0.1, -0.05) is 26.8 Å². The molecule has 1 atom stereocenters. The zero-order valence-electron chi connectivity index (χ0n) is 11.4. The van der Waals surface area contributed by atoms with E-state index >= 15 is 0 Å². The summed E-state index contributed by atoms with van der Waals surface area (Å²) in [6, 6.07) is 6.47. The maximum atomic E-state index is 6.00. The quantitative estimate of drug-likeness (QED) is 0.911. The Bertz CT molecular complexity index is 411. The van der Waals surface area contributed by atoms with Crippen LogP contribution in [0.4, 0.5) is 0 Å². The summed E-state index contributed by atoms with van der Waals surface area (Å²) in [6.45, 7) is 8.78. The van der Waals surface area contributed by atoms with Gasteiger partial charge in [0.15, 0.2) is 0 Å². The lowest BCUT2D eigenvalue weighted by Crippen LogP contribution is -2.20. The minimum Gasteiger partial charge on any atom is -0.488 e. The van der Waals surface area contributed by atoms with Crippen molar-refractivity contribution in [1.29, 1.82) is 0 Å². The van der Waals surface area contributed by atoms with E-state index in [-0.39, 0.29) is 5.41 Å². The van der Waals surface area contributed by atoms with Crippen LogP contribution in [0.2, 0.25) is 0 Å². The minimum atomic E-state index is 0.218. The first-order valence-electron chi connectivity index (χ1n) is 6.70. The maximum absolute atomic E-state index is 6.00. The molecule has 0 radical (unpaired) electrons. The van der Waals surface area contributed by atoms with Gasteiger partial charge in [-0.2, -0.15) is 0 Å². The largest absolute Gasteiger partial charge is 0.488 e. The number of ether oxygens (including phenoxy) is 1. The lowest BCUT2D eigenvalue weighted by molar-refractivity contribution is 0.221. The van der Waals surface area contributed by atoms with Gasteiger partial charge >= 0.3 is 0 Å². The van der Waals surface area contributed by atoms with E-state index in [0.717, 1.165) is 36.2 Å². The van der Waals surface area contributed by atoms with E-state index in [4.69, 9.17) is 4.74 Å². The molecule has 1 aromatic carbocycles. The van der Waals surface area contributed by atoms with E-state index in [0.29, 0.717) is 6.10 Å². The highest BCUT2D eigenvalue weighted by Crippen LogP contribution is 2.34. The van der Waals surface area contributed by atoms with Gasteiger partial charge in [0, 0.05) is 6.54 Å². The van der Waals surface area contributed by atoms with Crippen molar-refractivity contribution in [3.63, 3.8) is 0 Å². The van der Waals surface area contributed by atoms with Gasteiger partial charge in [0.05, 0.1) is 4.47 Å². The Balaban J connectivity index is 2.14. The van der Waals surface area contributed by atoms with Crippen LogP contribution in [0.1, 0.15) is 39.2 Å². The fourth-order valence-corrected chi connectivity index (χ4v) is 2.60. The summed E-state index contributed by atoms with van der Waals surface area (Å²) in [6.07, 6.45) is 2.53. The van der Waals surface area contributed by atoms with Crippen LogP contribution in [0.15, 0.2) is 22.7 Å². The third-order valence-electron chi connectivity index (χ3n) is 3.91. The first-order chi connectivity index (χ1) is 8.53. The van der Waals surface area contributed by atoms with Crippen molar-refractivity contribution >= 4 is 15.9 Å². The SMILES string of the molecule is CCC(C)(C)c1ccc(OC2CCNC2)c(Br)c1. The molecule has 1 aliphatic rings. The van der Waals surface area contributed by atoms with Crippen LogP contribution in [0.25, 0.3) is 0 Å². The van der Waals surface area contributed by atoms with E-state index in [1.165, 1.54) is 5.56 Å². The molecule has 1 aromatic rings. The molecule has 1 heterocycles. The first kappa shape index (κ1) is 13.9. The average Bonchev–Trinajstić information content (AvgIpc) is 2.84. The van der Waals surface area contributed by atoms with Crippen LogP contribution in [0, 0.1) is 0 Å². The maximum Gasteiger partial charge on any atom is 0.133 e. The van der Waals surface area contributed by atoms with Crippen molar-refractivity contribution < 1.29 is 4.74 Å². The van der Waals surface area contributed by atoms with E-state index in [9.17, 15) is 0 Å². The van der Waals surface area contributed by atoms with Crippen molar-refractivity contribution in [2.24, 2.45) is 0 Å². The van der Waals surface area contributed by atoms with Crippen molar-refractivity contribution in [3.8, 4) is 5.75 Å². The van der Waals surface area contributed by atoms with Gasteiger partial charge in [-0.15, -0.1) is 0 Å². The lowest BCUT2D eigenvalue weighted by Gasteiger charge is -2.24. The van der Waals surface area contributed by atoms with Gasteiger partial charge in [0.1, 0.15) is 11.9 Å². The summed E-state index contributed by atoms with van der Waals surface area (Å²) >= 11 is 3.63. The van der Waals surface area contributed by atoms with E-state index < -0.39 is 0 Å². The van der Waals surface area contributed by atoms with Crippen molar-refractivity contribution in [3.05, 3.63) is 28.2 Å². The molecule has 1 unspecified atom stereocenters. The molecular weight excluding hydrogens is 290 g/mol. The highest BCUT2D eigenvalue weighted by Gasteiger charge is 2.21. The highest BCUT2D eigenvalue weighted by atomic mass is 79.9. The predicted molar refractivity (Wildman–Crippen MR) is 79.4 cm³/mol. The molecule has 2 rings (SSSR count). The van der Waals surface area contributed by atoms with Crippen molar-refractivity contribution in [1.82, 2.24) is 5.32 Å². The van der Waals surface area contributed by atoms with Crippen molar-refractivity contribution in [2.75, 3.05) is 13.1 Å². The highest BCUT2D eigenvalue weighted by molar-refractivity contribution is 9.10.